The van der Waals surface area contributed by atoms with Crippen molar-refractivity contribution >= 4 is 10.1 Å². The van der Waals surface area contributed by atoms with Crippen LogP contribution in [-0.2, 0) is 19.3 Å². The molecule has 0 N–H and O–H groups in total. The van der Waals surface area contributed by atoms with Crippen LogP contribution in [0.25, 0.3) is 0 Å². The molecule has 0 unspecified atom stereocenters. The van der Waals surface area contributed by atoms with Crippen LogP contribution < -0.4 is 0 Å². The van der Waals surface area contributed by atoms with Gasteiger partial charge >= 0.3 is 10.1 Å². The Kier molecular flexibility index (Phi) is 3.62. The molecule has 0 bridgehead atoms. The average Bonchev–Trinajstić information content (AvgIpc) is 2.16. The molecule has 0 radical (unpaired) electrons. The first-order valence-electron chi connectivity index (χ1n) is 4.19. The summed E-state index contributed by atoms with van der Waals surface area (Å²) in [6.45, 7) is 3.70. The van der Waals surface area contributed by atoms with Gasteiger partial charge in [-0.15, -0.1) is 4.33 Å². The Morgan fingerprint density at radius 2 is 1.79 bits per heavy atom. The van der Waals surface area contributed by atoms with E-state index < -0.39 is 10.1 Å². The van der Waals surface area contributed by atoms with Gasteiger partial charge in [0.1, 0.15) is 0 Å². The maximum Gasteiger partial charge on any atom is 0.323 e. The van der Waals surface area contributed by atoms with Gasteiger partial charge in [0.2, 0.25) is 0 Å². The van der Waals surface area contributed by atoms with E-state index in [0.29, 0.717) is 0 Å². The van der Waals surface area contributed by atoms with Gasteiger partial charge in [-0.25, -0.2) is 4.89 Å². The molecule has 5 heteroatoms. The van der Waals surface area contributed by atoms with Crippen LogP contribution in [0.2, 0.25) is 0 Å². The molecule has 0 spiro atoms. The van der Waals surface area contributed by atoms with E-state index in [4.69, 9.17) is 0 Å². The first-order valence-corrected chi connectivity index (χ1v) is 5.60. The first kappa shape index (κ1) is 11.2. The zero-order valence-corrected chi connectivity index (χ0v) is 8.87. The molecule has 0 atom stereocenters. The highest BCUT2D eigenvalue weighted by atomic mass is 32.2. The van der Waals surface area contributed by atoms with E-state index >= 15 is 0 Å². The normalized spacial score (nSPS) is 11.6. The van der Waals surface area contributed by atoms with E-state index in [2.05, 4.69) is 9.22 Å². The Bertz CT molecular complexity index is 380. The lowest BCUT2D eigenvalue weighted by molar-refractivity contribution is -0.196. The van der Waals surface area contributed by atoms with Crippen molar-refractivity contribution < 1.29 is 17.6 Å². The Hall–Kier alpha value is -0.910. The van der Waals surface area contributed by atoms with E-state index in [9.17, 15) is 8.42 Å². The highest BCUT2D eigenvalue weighted by molar-refractivity contribution is 7.86. The minimum absolute atomic E-state index is 0.0940. The van der Waals surface area contributed by atoms with Crippen LogP contribution in [0.1, 0.15) is 12.5 Å². The second-order valence-electron chi connectivity index (χ2n) is 2.74. The second kappa shape index (κ2) is 4.54. The number of hydrogen-bond acceptors (Lipinski definition) is 4. The lowest BCUT2D eigenvalue weighted by Crippen LogP contribution is -2.06. The van der Waals surface area contributed by atoms with Crippen LogP contribution in [0.15, 0.2) is 29.2 Å². The lowest BCUT2D eigenvalue weighted by atomic mass is 10.2. The predicted octanol–water partition coefficient (Wildman–Crippen LogP) is 1.65. The minimum atomic E-state index is -3.76. The Morgan fingerprint density at radius 1 is 1.21 bits per heavy atom. The molecule has 14 heavy (non-hydrogen) atoms. The van der Waals surface area contributed by atoms with Crippen LogP contribution in [0.4, 0.5) is 0 Å². The monoisotopic (exact) mass is 216 g/mol. The van der Waals surface area contributed by atoms with Gasteiger partial charge in [-0.2, -0.15) is 8.42 Å². The third-order valence-electron chi connectivity index (χ3n) is 1.57. The fraction of sp³-hybridized carbons (Fsp3) is 0.333. The highest BCUT2D eigenvalue weighted by Gasteiger charge is 2.15. The van der Waals surface area contributed by atoms with Gasteiger partial charge in [0.05, 0.1) is 11.5 Å². The highest BCUT2D eigenvalue weighted by Crippen LogP contribution is 2.13. The molecular formula is C9H12O4S. The van der Waals surface area contributed by atoms with Crippen LogP contribution in [0.3, 0.4) is 0 Å². The van der Waals surface area contributed by atoms with Crippen LogP contribution in [-0.4, -0.2) is 15.0 Å². The third kappa shape index (κ3) is 2.80. The summed E-state index contributed by atoms with van der Waals surface area (Å²) >= 11 is 0. The molecule has 0 fully saturated rings. The number of benzene rings is 1. The number of aryl methyl sites for hydroxylation is 1. The van der Waals surface area contributed by atoms with E-state index in [1.165, 1.54) is 12.1 Å². The van der Waals surface area contributed by atoms with E-state index in [1.807, 2.05) is 6.92 Å². The van der Waals surface area contributed by atoms with Crippen LogP contribution >= 0.6 is 0 Å². The summed E-state index contributed by atoms with van der Waals surface area (Å²) in [5.74, 6) is 0. The van der Waals surface area contributed by atoms with Gasteiger partial charge in [-0.1, -0.05) is 17.7 Å². The van der Waals surface area contributed by atoms with Crippen molar-refractivity contribution in [1.82, 2.24) is 0 Å². The van der Waals surface area contributed by atoms with Crippen molar-refractivity contribution in [3.63, 3.8) is 0 Å². The zero-order valence-electron chi connectivity index (χ0n) is 8.06. The molecule has 0 saturated heterocycles. The molecule has 1 rings (SSSR count). The zero-order chi connectivity index (χ0) is 10.6. The van der Waals surface area contributed by atoms with E-state index in [1.54, 1.807) is 19.1 Å². The van der Waals surface area contributed by atoms with Crippen molar-refractivity contribution in [2.24, 2.45) is 0 Å². The number of hydrogen-bond donors (Lipinski definition) is 0. The Labute approximate surface area is 83.5 Å². The largest absolute Gasteiger partial charge is 0.323 e. The summed E-state index contributed by atoms with van der Waals surface area (Å²) in [4.78, 5) is 4.49. The van der Waals surface area contributed by atoms with Crippen molar-refractivity contribution in [3.05, 3.63) is 29.8 Å². The second-order valence-corrected chi connectivity index (χ2v) is 4.26. The lowest BCUT2D eigenvalue weighted by Gasteiger charge is -2.03. The van der Waals surface area contributed by atoms with Gasteiger partial charge in [-0.05, 0) is 26.0 Å². The molecule has 0 aromatic heterocycles. The molecule has 0 aliphatic rings. The molecule has 0 heterocycles. The molecule has 0 amide bonds. The summed E-state index contributed by atoms with van der Waals surface area (Å²) in [6.07, 6.45) is 0. The average molecular weight is 216 g/mol. The topological polar surface area (TPSA) is 52.6 Å². The van der Waals surface area contributed by atoms with Gasteiger partial charge in [0.25, 0.3) is 0 Å². The first-order chi connectivity index (χ1) is 6.56. The smallest absolute Gasteiger partial charge is 0.220 e. The molecular weight excluding hydrogens is 204 g/mol. The Morgan fingerprint density at radius 3 is 2.29 bits per heavy atom. The predicted molar refractivity (Wildman–Crippen MR) is 51.1 cm³/mol. The van der Waals surface area contributed by atoms with Gasteiger partial charge in [0, 0.05) is 0 Å². The SMILES string of the molecule is CCOOS(=O)(=O)c1ccc(C)cc1. The van der Waals surface area contributed by atoms with Crippen LogP contribution in [0.5, 0.6) is 0 Å². The summed E-state index contributed by atoms with van der Waals surface area (Å²) in [6, 6.07) is 6.34. The fourth-order valence-corrected chi connectivity index (χ4v) is 1.63. The molecule has 1 aromatic carbocycles. The van der Waals surface area contributed by atoms with Gasteiger partial charge in [-0.3, -0.25) is 0 Å². The van der Waals surface area contributed by atoms with Gasteiger partial charge in [0.15, 0.2) is 0 Å². The third-order valence-corrected chi connectivity index (χ3v) is 2.69. The summed E-state index contributed by atoms with van der Waals surface area (Å²) in [7, 11) is -3.76. The summed E-state index contributed by atoms with van der Waals surface area (Å²) in [5, 5.41) is 0. The van der Waals surface area contributed by atoms with E-state index in [0.717, 1.165) is 5.56 Å². The Balaban J connectivity index is 2.87. The molecule has 0 aliphatic heterocycles. The standard InChI is InChI=1S/C9H12O4S/c1-3-12-13-14(10,11)9-6-4-8(2)5-7-9/h4-7H,3H2,1-2H3. The summed E-state index contributed by atoms with van der Waals surface area (Å²) < 4.78 is 27.0. The molecule has 4 nitrogen and oxygen atoms in total. The molecule has 1 aromatic rings. The number of rotatable bonds is 4. The van der Waals surface area contributed by atoms with E-state index in [-0.39, 0.29) is 11.5 Å². The molecule has 0 saturated carbocycles. The van der Waals surface area contributed by atoms with Crippen molar-refractivity contribution in [2.45, 2.75) is 18.7 Å². The molecule has 0 aliphatic carbocycles. The fourth-order valence-electron chi connectivity index (χ4n) is 0.856. The maximum atomic E-state index is 11.4. The molecule has 78 valence electrons. The summed E-state index contributed by atoms with van der Waals surface area (Å²) in [5.41, 5.74) is 0.986. The van der Waals surface area contributed by atoms with Crippen molar-refractivity contribution in [3.8, 4) is 0 Å². The van der Waals surface area contributed by atoms with Crippen LogP contribution in [0, 0.1) is 6.92 Å². The minimum Gasteiger partial charge on any atom is -0.220 e. The van der Waals surface area contributed by atoms with Crippen molar-refractivity contribution in [1.29, 1.82) is 0 Å². The maximum absolute atomic E-state index is 11.4. The van der Waals surface area contributed by atoms with Gasteiger partial charge < -0.3 is 0 Å². The van der Waals surface area contributed by atoms with Crippen molar-refractivity contribution in [2.75, 3.05) is 6.61 Å². The quantitative estimate of drug-likeness (QED) is 0.567.